The molecule has 1 saturated carbocycles. The van der Waals surface area contributed by atoms with Gasteiger partial charge in [0.1, 0.15) is 5.58 Å². The van der Waals surface area contributed by atoms with Gasteiger partial charge in [-0.05, 0) is 89.5 Å². The minimum Gasteiger partial charge on any atom is -0.454 e. The smallest absolute Gasteiger partial charge is 0.333 e. The van der Waals surface area contributed by atoms with E-state index in [1.54, 1.807) is 0 Å². The van der Waals surface area contributed by atoms with Crippen molar-refractivity contribution in [3.8, 4) is 11.1 Å². The third-order valence-electron chi connectivity index (χ3n) is 14.3. The van der Waals surface area contributed by atoms with E-state index in [1.165, 1.54) is 112 Å². The predicted octanol–water partition coefficient (Wildman–Crippen LogP) is 12.5. The Balaban J connectivity index is 1.33. The molecule has 0 saturated heterocycles. The monoisotopic (exact) mass is 718 g/mol. The van der Waals surface area contributed by atoms with Crippen molar-refractivity contribution in [2.24, 2.45) is 0 Å². The first kappa shape index (κ1) is 31.4. The molecule has 2 aromatic heterocycles. The molecule has 264 valence electrons. The topological polar surface area (TPSA) is 19.6 Å². The minimum atomic E-state index is -0.103. The second-order valence-electron chi connectivity index (χ2n) is 18.0. The van der Waals surface area contributed by atoms with Crippen molar-refractivity contribution in [2.75, 3.05) is 9.71 Å². The van der Waals surface area contributed by atoms with Crippen LogP contribution in [0.3, 0.4) is 0 Å². The third kappa shape index (κ3) is 3.65. The van der Waals surface area contributed by atoms with Crippen LogP contribution in [0.1, 0.15) is 77.0 Å². The molecule has 0 radical (unpaired) electrons. The summed E-state index contributed by atoms with van der Waals surface area (Å²) < 4.78 is 9.83. The van der Waals surface area contributed by atoms with Gasteiger partial charge >= 0.3 is 6.85 Å². The fourth-order valence-electron chi connectivity index (χ4n) is 11.3. The largest absolute Gasteiger partial charge is 0.454 e. The highest BCUT2D eigenvalue weighted by molar-refractivity contribution is 7.26. The fourth-order valence-corrected chi connectivity index (χ4v) is 12.6. The van der Waals surface area contributed by atoms with Crippen LogP contribution >= 0.6 is 11.3 Å². The molecule has 4 aliphatic rings. The molecule has 5 heterocycles. The van der Waals surface area contributed by atoms with Crippen molar-refractivity contribution >= 4 is 94.0 Å². The van der Waals surface area contributed by atoms with Crippen molar-refractivity contribution in [2.45, 2.75) is 83.6 Å². The highest BCUT2D eigenvalue weighted by atomic mass is 32.1. The van der Waals surface area contributed by atoms with E-state index in [-0.39, 0.29) is 23.2 Å². The lowest BCUT2D eigenvalue weighted by molar-refractivity contribution is 0.195. The van der Waals surface area contributed by atoms with E-state index in [0.717, 1.165) is 17.6 Å². The summed E-state index contributed by atoms with van der Waals surface area (Å²) in [6.45, 7) is 14.6. The summed E-state index contributed by atoms with van der Waals surface area (Å²) in [5.41, 5.74) is 16.9. The first-order chi connectivity index (χ1) is 26.1. The van der Waals surface area contributed by atoms with Gasteiger partial charge in [0, 0.05) is 48.6 Å². The van der Waals surface area contributed by atoms with E-state index < -0.39 is 0 Å². The molecule has 0 spiro atoms. The summed E-state index contributed by atoms with van der Waals surface area (Å²) in [5, 5.41) is 5.08. The predicted molar refractivity (Wildman–Crippen MR) is 232 cm³/mol. The normalized spacial score (nSPS) is 21.3. The summed E-state index contributed by atoms with van der Waals surface area (Å²) in [6, 6.07) is 39.3. The zero-order chi connectivity index (χ0) is 36.5. The summed E-state index contributed by atoms with van der Waals surface area (Å²) >= 11 is 1.95. The van der Waals surface area contributed by atoms with Crippen molar-refractivity contribution in [1.82, 2.24) is 0 Å². The number of para-hydroxylation sites is 2. The van der Waals surface area contributed by atoms with Gasteiger partial charge in [0.25, 0.3) is 0 Å². The molecular weight excluding hydrogens is 675 g/mol. The maximum Gasteiger partial charge on any atom is 0.333 e. The Morgan fingerprint density at radius 1 is 0.722 bits per heavy atom. The van der Waals surface area contributed by atoms with E-state index in [2.05, 4.69) is 154 Å². The van der Waals surface area contributed by atoms with Gasteiger partial charge in [-0.3, -0.25) is 0 Å². The van der Waals surface area contributed by atoms with E-state index in [0.29, 0.717) is 0 Å². The van der Waals surface area contributed by atoms with Crippen LogP contribution in [0.25, 0.3) is 53.2 Å². The first-order valence-electron chi connectivity index (χ1n) is 19.9. The Morgan fingerprint density at radius 2 is 1.48 bits per heavy atom. The average molecular weight is 719 g/mol. The average Bonchev–Trinajstić information content (AvgIpc) is 3.80. The molecule has 0 bridgehead atoms. The highest BCUT2D eigenvalue weighted by Gasteiger charge is 2.62. The van der Waals surface area contributed by atoms with E-state index in [1.807, 2.05) is 11.3 Å². The van der Waals surface area contributed by atoms with Crippen LogP contribution in [-0.2, 0) is 10.8 Å². The minimum absolute atomic E-state index is 0.00894. The number of fused-ring (bicyclic) bond motifs is 15. The molecule has 2 unspecified atom stereocenters. The van der Waals surface area contributed by atoms with Gasteiger partial charge in [0.05, 0.1) is 21.6 Å². The molecular formula is C49H43BN2OS. The number of hydrogen-bond acceptors (Lipinski definition) is 4. The van der Waals surface area contributed by atoms with Crippen LogP contribution in [0, 0.1) is 6.92 Å². The lowest BCUT2D eigenvalue weighted by Crippen LogP contribution is -2.65. The standard InChI is InChI=1S/C49H43BN2OS/c1-28-15-7-10-18-38(28)52-42-32(21-22-33-31-17-9-12-20-40(31)54-46(33)42)34-27-35-30-16-8-11-19-39(30)53-45(35)44-41(34)50(52)37-26-29(47(2,3)4)25-36-43(37)51(44)49(6)24-14-13-23-48(36,49)5/h7-12,15-22,25-27H,13-14,23-24H2,1-6H3. The molecule has 8 aromatic rings. The maximum atomic E-state index is 7.13. The maximum absolute atomic E-state index is 7.13. The number of hydrogen-bond donors (Lipinski definition) is 0. The van der Waals surface area contributed by atoms with Crippen molar-refractivity contribution in [1.29, 1.82) is 0 Å². The van der Waals surface area contributed by atoms with Gasteiger partial charge in [-0.2, -0.15) is 0 Å². The Kier molecular flexibility index (Phi) is 5.92. The van der Waals surface area contributed by atoms with Gasteiger partial charge in [-0.25, -0.2) is 0 Å². The van der Waals surface area contributed by atoms with Gasteiger partial charge in [0.2, 0.25) is 0 Å². The van der Waals surface area contributed by atoms with Crippen LogP contribution < -0.4 is 20.6 Å². The van der Waals surface area contributed by atoms with Crippen molar-refractivity contribution < 1.29 is 4.42 Å². The lowest BCUT2D eigenvalue weighted by Gasteiger charge is -2.53. The van der Waals surface area contributed by atoms with Gasteiger partial charge in [-0.1, -0.05) is 119 Å². The molecule has 3 nitrogen and oxygen atoms in total. The van der Waals surface area contributed by atoms with E-state index in [9.17, 15) is 0 Å². The molecule has 12 rings (SSSR count). The Bertz CT molecular complexity index is 2970. The number of benzene rings is 6. The molecule has 1 fully saturated rings. The summed E-state index contributed by atoms with van der Waals surface area (Å²) in [7, 11) is 0. The number of thiophene rings is 1. The number of nitrogens with zero attached hydrogens (tertiary/aromatic N) is 2. The lowest BCUT2D eigenvalue weighted by atomic mass is 9.43. The summed E-state index contributed by atoms with van der Waals surface area (Å²) in [4.78, 5) is 5.59. The van der Waals surface area contributed by atoms with Gasteiger partial charge in [0.15, 0.2) is 5.58 Å². The van der Waals surface area contributed by atoms with E-state index >= 15 is 0 Å². The number of aryl methyl sites for hydroxylation is 1. The van der Waals surface area contributed by atoms with Crippen LogP contribution in [0.5, 0.6) is 0 Å². The molecule has 2 atom stereocenters. The number of anilines is 4. The molecule has 3 aliphatic heterocycles. The third-order valence-corrected chi connectivity index (χ3v) is 15.4. The molecule has 54 heavy (non-hydrogen) atoms. The van der Waals surface area contributed by atoms with Gasteiger partial charge in [-0.15, -0.1) is 11.3 Å². The second kappa shape index (κ2) is 10.2. The number of furan rings is 1. The van der Waals surface area contributed by atoms with Crippen LogP contribution in [0.15, 0.2) is 108 Å². The fraction of sp³-hybridized carbons (Fsp3) is 0.265. The molecule has 0 amide bonds. The Morgan fingerprint density at radius 3 is 2.31 bits per heavy atom. The Labute approximate surface area is 321 Å². The van der Waals surface area contributed by atoms with Gasteiger partial charge < -0.3 is 14.1 Å². The van der Waals surface area contributed by atoms with Crippen LogP contribution in [0.2, 0.25) is 0 Å². The molecule has 6 aromatic carbocycles. The second-order valence-corrected chi connectivity index (χ2v) is 19.1. The van der Waals surface area contributed by atoms with Crippen molar-refractivity contribution in [3.63, 3.8) is 0 Å². The zero-order valence-electron chi connectivity index (χ0n) is 31.9. The molecule has 1 aliphatic carbocycles. The van der Waals surface area contributed by atoms with Crippen LogP contribution in [0.4, 0.5) is 22.7 Å². The SMILES string of the molecule is Cc1ccccc1N1B2c3cc(C(C)(C)C)cc4c3N(c3c2c(cc2c3oc3ccccc32)-c2ccc3c(sc5ccccc53)c21)C1(C)CCCCC41C. The molecule has 5 heteroatoms. The quantitative estimate of drug-likeness (QED) is 0.158. The Hall–Kier alpha value is -5.00. The first-order valence-corrected chi connectivity index (χ1v) is 20.7. The van der Waals surface area contributed by atoms with E-state index in [4.69, 9.17) is 4.42 Å². The highest BCUT2D eigenvalue weighted by Crippen LogP contribution is 2.64. The van der Waals surface area contributed by atoms with Crippen LogP contribution in [-0.4, -0.2) is 12.4 Å². The van der Waals surface area contributed by atoms with Crippen molar-refractivity contribution in [3.05, 3.63) is 120 Å². The number of rotatable bonds is 1. The summed E-state index contributed by atoms with van der Waals surface area (Å²) in [6.07, 6.45) is 4.84. The zero-order valence-corrected chi connectivity index (χ0v) is 32.7. The molecule has 0 N–H and O–H groups in total. The summed E-state index contributed by atoms with van der Waals surface area (Å²) in [5.74, 6) is 0.